The first-order valence-electron chi connectivity index (χ1n) is 5.65. The van der Waals surface area contributed by atoms with Gasteiger partial charge in [0.2, 0.25) is 0 Å². The quantitative estimate of drug-likeness (QED) is 0.490. The fourth-order valence-corrected chi connectivity index (χ4v) is 2.06. The Kier molecular flexibility index (Phi) is 3.61. The van der Waals surface area contributed by atoms with E-state index in [1.807, 2.05) is 6.92 Å². The Morgan fingerprint density at radius 2 is 2.07 bits per heavy atom. The summed E-state index contributed by atoms with van der Waals surface area (Å²) in [6, 6.07) is 0.819. The molecule has 14 heavy (non-hydrogen) atoms. The van der Waals surface area contributed by atoms with E-state index in [-0.39, 0.29) is 0 Å². The van der Waals surface area contributed by atoms with Crippen molar-refractivity contribution in [3.8, 4) is 11.8 Å². The van der Waals surface area contributed by atoms with E-state index in [4.69, 9.17) is 0 Å². The van der Waals surface area contributed by atoms with Crippen molar-refractivity contribution in [3.63, 3.8) is 0 Å². The predicted molar refractivity (Wildman–Crippen MR) is 62.1 cm³/mol. The lowest BCUT2D eigenvalue weighted by Gasteiger charge is -2.27. The van der Waals surface area contributed by atoms with Crippen LogP contribution >= 0.6 is 0 Å². The van der Waals surface area contributed by atoms with Crippen LogP contribution in [0.5, 0.6) is 0 Å². The van der Waals surface area contributed by atoms with Crippen LogP contribution in [-0.4, -0.2) is 23.0 Å². The standard InChI is InChI=1S/C13H23N/c1-6-7-8-9-13(4,5)14-10-12(14)11(2)3/h11-12H,8-10H2,1-5H3. The molecule has 1 rings (SSSR count). The summed E-state index contributed by atoms with van der Waals surface area (Å²) < 4.78 is 0. The first-order chi connectivity index (χ1) is 6.49. The molecule has 1 nitrogen and oxygen atoms in total. The third kappa shape index (κ3) is 2.75. The van der Waals surface area contributed by atoms with E-state index in [0.29, 0.717) is 5.54 Å². The molecule has 0 spiro atoms. The van der Waals surface area contributed by atoms with Crippen LogP contribution in [0.25, 0.3) is 0 Å². The van der Waals surface area contributed by atoms with Crippen molar-refractivity contribution in [3.05, 3.63) is 0 Å². The summed E-state index contributed by atoms with van der Waals surface area (Å²) in [4.78, 5) is 2.61. The predicted octanol–water partition coefficient (Wildman–Crippen LogP) is 2.91. The van der Waals surface area contributed by atoms with Crippen molar-refractivity contribution in [2.24, 2.45) is 5.92 Å². The molecular weight excluding hydrogens is 170 g/mol. The molecule has 0 amide bonds. The Bertz CT molecular complexity index is 242. The summed E-state index contributed by atoms with van der Waals surface area (Å²) in [6.07, 6.45) is 2.22. The van der Waals surface area contributed by atoms with E-state index >= 15 is 0 Å². The van der Waals surface area contributed by atoms with Gasteiger partial charge in [-0.2, -0.15) is 0 Å². The zero-order valence-electron chi connectivity index (χ0n) is 10.2. The van der Waals surface area contributed by atoms with Crippen molar-refractivity contribution >= 4 is 0 Å². The second-order valence-corrected chi connectivity index (χ2v) is 5.20. The number of rotatable bonds is 4. The minimum atomic E-state index is 0.346. The number of hydrogen-bond acceptors (Lipinski definition) is 1. The monoisotopic (exact) mass is 193 g/mol. The largest absolute Gasteiger partial charge is 0.292 e. The number of hydrogen-bond donors (Lipinski definition) is 0. The normalized spacial score (nSPS) is 25.9. The Balaban J connectivity index is 2.38. The Morgan fingerprint density at radius 3 is 2.50 bits per heavy atom. The molecule has 0 saturated carbocycles. The minimum Gasteiger partial charge on any atom is -0.292 e. The van der Waals surface area contributed by atoms with Crippen LogP contribution in [-0.2, 0) is 0 Å². The lowest BCUT2D eigenvalue weighted by molar-refractivity contribution is 0.230. The fraction of sp³-hybridized carbons (Fsp3) is 0.846. The van der Waals surface area contributed by atoms with Crippen LogP contribution in [0.1, 0.15) is 47.5 Å². The van der Waals surface area contributed by atoms with Gasteiger partial charge in [-0.3, -0.25) is 4.90 Å². The highest BCUT2D eigenvalue weighted by Gasteiger charge is 2.45. The first kappa shape index (κ1) is 11.6. The average Bonchev–Trinajstić information content (AvgIpc) is 2.83. The lowest BCUT2D eigenvalue weighted by Crippen LogP contribution is -2.32. The fourth-order valence-electron chi connectivity index (χ4n) is 2.06. The molecule has 1 aliphatic rings. The van der Waals surface area contributed by atoms with Gasteiger partial charge in [0.1, 0.15) is 0 Å². The number of nitrogens with zero attached hydrogens (tertiary/aromatic N) is 1. The second-order valence-electron chi connectivity index (χ2n) is 5.20. The zero-order valence-corrected chi connectivity index (χ0v) is 10.2. The summed E-state index contributed by atoms with van der Waals surface area (Å²) in [5, 5.41) is 0. The molecule has 1 fully saturated rings. The molecule has 0 N–H and O–H groups in total. The molecule has 0 aromatic heterocycles. The van der Waals surface area contributed by atoms with Crippen molar-refractivity contribution in [2.75, 3.05) is 6.54 Å². The maximum Gasteiger partial charge on any atom is 0.0252 e. The highest BCUT2D eigenvalue weighted by molar-refractivity contribution is 5.03. The van der Waals surface area contributed by atoms with Crippen molar-refractivity contribution in [1.82, 2.24) is 4.90 Å². The van der Waals surface area contributed by atoms with E-state index in [0.717, 1.165) is 18.4 Å². The van der Waals surface area contributed by atoms with Crippen molar-refractivity contribution in [2.45, 2.75) is 59.0 Å². The Hall–Kier alpha value is -0.480. The highest BCUT2D eigenvalue weighted by Crippen LogP contribution is 2.36. The van der Waals surface area contributed by atoms with E-state index < -0.39 is 0 Å². The lowest BCUT2D eigenvalue weighted by atomic mass is 9.98. The van der Waals surface area contributed by atoms with Crippen LogP contribution in [0.4, 0.5) is 0 Å². The smallest absolute Gasteiger partial charge is 0.0252 e. The van der Waals surface area contributed by atoms with Crippen LogP contribution in [0.2, 0.25) is 0 Å². The molecule has 1 saturated heterocycles. The van der Waals surface area contributed by atoms with Gasteiger partial charge in [0.15, 0.2) is 0 Å². The molecule has 80 valence electrons. The van der Waals surface area contributed by atoms with Crippen molar-refractivity contribution < 1.29 is 0 Å². The van der Waals surface area contributed by atoms with Crippen LogP contribution in [0.3, 0.4) is 0 Å². The molecule has 1 aliphatic heterocycles. The Morgan fingerprint density at radius 1 is 1.43 bits per heavy atom. The Labute approximate surface area is 88.9 Å². The van der Waals surface area contributed by atoms with E-state index in [2.05, 4.69) is 44.4 Å². The molecule has 2 unspecified atom stereocenters. The van der Waals surface area contributed by atoms with Crippen molar-refractivity contribution in [1.29, 1.82) is 0 Å². The van der Waals surface area contributed by atoms with Gasteiger partial charge in [0.25, 0.3) is 0 Å². The summed E-state index contributed by atoms with van der Waals surface area (Å²) >= 11 is 0. The zero-order chi connectivity index (χ0) is 10.8. The topological polar surface area (TPSA) is 3.01 Å². The van der Waals surface area contributed by atoms with E-state index in [1.54, 1.807) is 0 Å². The summed E-state index contributed by atoms with van der Waals surface area (Å²) in [5.74, 6) is 6.92. The third-order valence-corrected chi connectivity index (χ3v) is 3.24. The molecule has 0 aromatic carbocycles. The van der Waals surface area contributed by atoms with Gasteiger partial charge in [-0.05, 0) is 33.1 Å². The SMILES string of the molecule is CC#CCCC(C)(C)N1CC1C(C)C. The molecule has 1 heteroatoms. The van der Waals surface area contributed by atoms with Crippen LogP contribution in [0, 0.1) is 17.8 Å². The maximum atomic E-state index is 3.15. The maximum absolute atomic E-state index is 3.15. The van der Waals surface area contributed by atoms with Crippen LogP contribution in [0.15, 0.2) is 0 Å². The summed E-state index contributed by atoms with van der Waals surface area (Å²) in [6.45, 7) is 12.5. The molecule has 0 aromatic rings. The first-order valence-corrected chi connectivity index (χ1v) is 5.65. The third-order valence-electron chi connectivity index (χ3n) is 3.24. The molecular formula is C13H23N. The second kappa shape index (κ2) is 4.36. The van der Waals surface area contributed by atoms with Gasteiger partial charge in [-0.15, -0.1) is 11.8 Å². The van der Waals surface area contributed by atoms with Gasteiger partial charge in [0.05, 0.1) is 0 Å². The van der Waals surface area contributed by atoms with Gasteiger partial charge in [-0.1, -0.05) is 13.8 Å². The van der Waals surface area contributed by atoms with Gasteiger partial charge in [0, 0.05) is 24.5 Å². The highest BCUT2D eigenvalue weighted by atomic mass is 15.4. The van der Waals surface area contributed by atoms with E-state index in [1.165, 1.54) is 13.0 Å². The molecule has 0 radical (unpaired) electrons. The minimum absolute atomic E-state index is 0.346. The summed E-state index contributed by atoms with van der Waals surface area (Å²) in [5.41, 5.74) is 0.346. The van der Waals surface area contributed by atoms with Gasteiger partial charge < -0.3 is 0 Å². The van der Waals surface area contributed by atoms with E-state index in [9.17, 15) is 0 Å². The van der Waals surface area contributed by atoms with Crippen LogP contribution < -0.4 is 0 Å². The molecule has 2 atom stereocenters. The molecule has 0 bridgehead atoms. The average molecular weight is 193 g/mol. The molecule has 1 heterocycles. The van der Waals surface area contributed by atoms with Gasteiger partial charge in [-0.25, -0.2) is 0 Å². The summed E-state index contributed by atoms with van der Waals surface area (Å²) in [7, 11) is 0. The molecule has 0 aliphatic carbocycles. The van der Waals surface area contributed by atoms with Gasteiger partial charge >= 0.3 is 0 Å².